The third kappa shape index (κ3) is 3.45. The van der Waals surface area contributed by atoms with Gasteiger partial charge in [-0.1, -0.05) is 62.4 Å². The van der Waals surface area contributed by atoms with Crippen LogP contribution in [0.2, 0.25) is 0 Å². The van der Waals surface area contributed by atoms with Gasteiger partial charge in [0.15, 0.2) is 0 Å². The number of likely N-dealkylation sites (tertiary alicyclic amines) is 1. The molecule has 1 N–H and O–H groups in total. The lowest BCUT2D eigenvalue weighted by atomic mass is 9.55. The SMILES string of the molecule is CC(C)C[C@H](C(=O)NC[C@H]1CCCO1)N1C(=O)[C@H]2C3c4ccccc4C(c4ccccc43)[C@@H]2C1=O. The number of ether oxygens (including phenoxy) is 1. The Hall–Kier alpha value is -2.99. The fourth-order valence-electron chi connectivity index (χ4n) is 6.92. The Balaban J connectivity index is 1.36. The zero-order valence-corrected chi connectivity index (χ0v) is 20.3. The van der Waals surface area contributed by atoms with Crippen LogP contribution in [0.15, 0.2) is 48.5 Å². The minimum absolute atomic E-state index is 0.00561. The smallest absolute Gasteiger partial charge is 0.243 e. The van der Waals surface area contributed by atoms with Crippen LogP contribution in [-0.2, 0) is 19.1 Å². The number of nitrogens with one attached hydrogen (secondary N) is 1. The number of hydrogen-bond acceptors (Lipinski definition) is 4. The molecule has 2 saturated heterocycles. The van der Waals surface area contributed by atoms with Crippen LogP contribution < -0.4 is 5.32 Å². The number of carbonyl (C=O) groups excluding carboxylic acids is 3. The van der Waals surface area contributed by atoms with E-state index in [4.69, 9.17) is 4.74 Å². The largest absolute Gasteiger partial charge is 0.376 e. The summed E-state index contributed by atoms with van der Waals surface area (Å²) in [4.78, 5) is 42.8. The molecule has 0 unspecified atom stereocenters. The Morgan fingerprint density at radius 2 is 1.46 bits per heavy atom. The van der Waals surface area contributed by atoms with Crippen LogP contribution in [0.3, 0.4) is 0 Å². The molecule has 2 fully saturated rings. The van der Waals surface area contributed by atoms with Crippen molar-refractivity contribution >= 4 is 17.7 Å². The number of carbonyl (C=O) groups is 3. The van der Waals surface area contributed by atoms with E-state index in [9.17, 15) is 14.4 Å². The van der Waals surface area contributed by atoms with Crippen molar-refractivity contribution in [2.24, 2.45) is 17.8 Å². The highest BCUT2D eigenvalue weighted by atomic mass is 16.5. The van der Waals surface area contributed by atoms with E-state index in [0.29, 0.717) is 19.6 Å². The monoisotopic (exact) mass is 472 g/mol. The van der Waals surface area contributed by atoms with E-state index in [1.54, 1.807) is 0 Å². The molecule has 2 aliphatic heterocycles. The van der Waals surface area contributed by atoms with Crippen molar-refractivity contribution in [2.75, 3.05) is 13.2 Å². The average Bonchev–Trinajstić information content (AvgIpc) is 3.48. The van der Waals surface area contributed by atoms with Crippen molar-refractivity contribution < 1.29 is 19.1 Å². The molecule has 0 aromatic heterocycles. The maximum atomic E-state index is 14.0. The zero-order chi connectivity index (χ0) is 24.3. The fourth-order valence-corrected chi connectivity index (χ4v) is 6.92. The van der Waals surface area contributed by atoms with Crippen LogP contribution >= 0.6 is 0 Å². The number of benzene rings is 2. The molecule has 182 valence electrons. The zero-order valence-electron chi connectivity index (χ0n) is 20.3. The van der Waals surface area contributed by atoms with Gasteiger partial charge in [0.1, 0.15) is 6.04 Å². The summed E-state index contributed by atoms with van der Waals surface area (Å²) in [6.07, 6.45) is 2.36. The summed E-state index contributed by atoms with van der Waals surface area (Å²) in [7, 11) is 0. The molecule has 7 rings (SSSR count). The first-order chi connectivity index (χ1) is 17.0. The summed E-state index contributed by atoms with van der Waals surface area (Å²) < 4.78 is 5.65. The lowest BCUT2D eigenvalue weighted by Gasteiger charge is -2.45. The molecular formula is C29H32N2O4. The topological polar surface area (TPSA) is 75.7 Å². The summed E-state index contributed by atoms with van der Waals surface area (Å²) >= 11 is 0. The number of hydrogen-bond donors (Lipinski definition) is 1. The van der Waals surface area contributed by atoms with Gasteiger partial charge in [-0.15, -0.1) is 0 Å². The van der Waals surface area contributed by atoms with Crippen molar-refractivity contribution in [3.63, 3.8) is 0 Å². The molecule has 5 aliphatic rings. The molecule has 0 radical (unpaired) electrons. The quantitative estimate of drug-likeness (QED) is 0.652. The van der Waals surface area contributed by atoms with E-state index in [0.717, 1.165) is 35.1 Å². The Bertz CT molecular complexity index is 1070. The van der Waals surface area contributed by atoms with Crippen LogP contribution in [0.5, 0.6) is 0 Å². The molecule has 3 amide bonds. The first-order valence-corrected chi connectivity index (χ1v) is 12.9. The standard InChI is InChI=1S/C29H32N2O4/c1-16(2)14-22(27(32)30-15-17-8-7-13-35-17)31-28(33)25-23-18-9-3-4-10-19(18)24(26(25)29(31)34)21-12-6-5-11-20(21)23/h3-6,9-12,16-17,22-26H,7-8,13-15H2,1-2H3,(H,30,32)/t17-,22-,23?,24?,25+,26+/m1/s1. The molecule has 2 bridgehead atoms. The van der Waals surface area contributed by atoms with E-state index in [-0.39, 0.29) is 41.6 Å². The van der Waals surface area contributed by atoms with Gasteiger partial charge < -0.3 is 10.1 Å². The van der Waals surface area contributed by atoms with E-state index in [1.807, 2.05) is 38.1 Å². The minimum atomic E-state index is -0.798. The van der Waals surface area contributed by atoms with Gasteiger partial charge in [-0.3, -0.25) is 19.3 Å². The summed E-state index contributed by atoms with van der Waals surface area (Å²) in [5, 5.41) is 2.99. The Morgan fingerprint density at radius 1 is 0.943 bits per heavy atom. The molecule has 4 atom stereocenters. The third-order valence-electron chi connectivity index (χ3n) is 8.32. The maximum absolute atomic E-state index is 14.0. The summed E-state index contributed by atoms with van der Waals surface area (Å²) in [6, 6.07) is 15.6. The molecular weight excluding hydrogens is 440 g/mol. The number of imide groups is 1. The van der Waals surface area contributed by atoms with Gasteiger partial charge in [-0.2, -0.15) is 0 Å². The molecule has 2 aromatic rings. The van der Waals surface area contributed by atoms with Crippen LogP contribution in [0, 0.1) is 17.8 Å². The van der Waals surface area contributed by atoms with Crippen LogP contribution in [0.1, 0.15) is 67.2 Å². The van der Waals surface area contributed by atoms with Crippen molar-refractivity contribution in [1.29, 1.82) is 0 Å². The van der Waals surface area contributed by atoms with Gasteiger partial charge in [0, 0.05) is 25.0 Å². The van der Waals surface area contributed by atoms with Crippen LogP contribution in [-0.4, -0.2) is 47.9 Å². The molecule has 2 aromatic carbocycles. The first-order valence-electron chi connectivity index (χ1n) is 12.9. The van der Waals surface area contributed by atoms with E-state index in [1.165, 1.54) is 4.90 Å². The van der Waals surface area contributed by atoms with Gasteiger partial charge in [0.05, 0.1) is 17.9 Å². The molecule has 0 saturated carbocycles. The highest BCUT2D eigenvalue weighted by molar-refractivity contribution is 6.10. The molecule has 6 nitrogen and oxygen atoms in total. The van der Waals surface area contributed by atoms with E-state index in [2.05, 4.69) is 29.6 Å². The van der Waals surface area contributed by atoms with Gasteiger partial charge in [0.25, 0.3) is 0 Å². The predicted molar refractivity (Wildman–Crippen MR) is 131 cm³/mol. The number of rotatable bonds is 6. The van der Waals surface area contributed by atoms with Crippen molar-refractivity contribution in [3.8, 4) is 0 Å². The van der Waals surface area contributed by atoms with Crippen molar-refractivity contribution in [2.45, 2.75) is 57.1 Å². The molecule has 3 aliphatic carbocycles. The lowest BCUT2D eigenvalue weighted by Crippen LogP contribution is -2.51. The van der Waals surface area contributed by atoms with Crippen LogP contribution in [0.25, 0.3) is 0 Å². The second kappa shape index (κ2) is 8.59. The predicted octanol–water partition coefficient (Wildman–Crippen LogP) is 3.59. The second-order valence-electron chi connectivity index (χ2n) is 10.8. The summed E-state index contributed by atoms with van der Waals surface area (Å²) in [5.74, 6) is -1.73. The third-order valence-corrected chi connectivity index (χ3v) is 8.32. The van der Waals surface area contributed by atoms with Gasteiger partial charge in [-0.05, 0) is 47.4 Å². The van der Waals surface area contributed by atoms with E-state index < -0.39 is 17.9 Å². The Labute approximate surface area is 206 Å². The Morgan fingerprint density at radius 3 is 1.89 bits per heavy atom. The highest BCUT2D eigenvalue weighted by Crippen LogP contribution is 2.61. The number of amides is 3. The normalized spacial score (nSPS) is 29.2. The number of nitrogens with zero attached hydrogens (tertiary/aromatic N) is 1. The molecule has 6 heteroatoms. The molecule has 35 heavy (non-hydrogen) atoms. The highest BCUT2D eigenvalue weighted by Gasteiger charge is 2.63. The summed E-state index contributed by atoms with van der Waals surface area (Å²) in [5.41, 5.74) is 4.57. The van der Waals surface area contributed by atoms with Gasteiger partial charge in [-0.25, -0.2) is 0 Å². The van der Waals surface area contributed by atoms with Crippen molar-refractivity contribution in [3.05, 3.63) is 70.8 Å². The second-order valence-corrected chi connectivity index (χ2v) is 10.8. The fraction of sp³-hybridized carbons (Fsp3) is 0.483. The molecule has 2 heterocycles. The van der Waals surface area contributed by atoms with Crippen molar-refractivity contribution in [1.82, 2.24) is 10.2 Å². The lowest BCUT2D eigenvalue weighted by molar-refractivity contribution is -0.148. The van der Waals surface area contributed by atoms with Gasteiger partial charge in [0.2, 0.25) is 17.7 Å². The van der Waals surface area contributed by atoms with E-state index >= 15 is 0 Å². The Kier molecular flexibility index (Phi) is 5.52. The van der Waals surface area contributed by atoms with Gasteiger partial charge >= 0.3 is 0 Å². The minimum Gasteiger partial charge on any atom is -0.376 e. The van der Waals surface area contributed by atoms with Crippen LogP contribution in [0.4, 0.5) is 0 Å². The first kappa shape index (κ1) is 22.5. The summed E-state index contributed by atoms with van der Waals surface area (Å²) in [6.45, 7) is 5.17. The maximum Gasteiger partial charge on any atom is 0.243 e. The molecule has 0 spiro atoms. The average molecular weight is 473 g/mol.